The standard InChI is InChI=1S/C12H22O12/c13-1-2-3(14)5(16)10(21)12(23,24-2)11(22)8(19)6(17)4(15)7(18)9(11)20/h2-10,13-23H,1H2/t2-,3-,4?,5+,6-,7+,8-,9-,10-,11?,12?/m1/s1. The Hall–Kier alpha value is -0.480. The topological polar surface area (TPSA) is 232 Å². The van der Waals surface area contributed by atoms with Gasteiger partial charge in [-0.3, -0.25) is 0 Å². The Bertz CT molecular complexity index is 443. The zero-order valence-electron chi connectivity index (χ0n) is 12.2. The van der Waals surface area contributed by atoms with E-state index in [-0.39, 0.29) is 0 Å². The van der Waals surface area contributed by atoms with E-state index in [2.05, 4.69) is 0 Å². The maximum absolute atomic E-state index is 10.6. The van der Waals surface area contributed by atoms with Crippen LogP contribution >= 0.6 is 0 Å². The van der Waals surface area contributed by atoms with Crippen molar-refractivity contribution >= 4 is 0 Å². The molecular formula is C12H22O12. The molecule has 0 spiro atoms. The van der Waals surface area contributed by atoms with Crippen molar-refractivity contribution in [3.63, 3.8) is 0 Å². The van der Waals surface area contributed by atoms with Crippen molar-refractivity contribution in [2.45, 2.75) is 66.3 Å². The number of rotatable bonds is 2. The fraction of sp³-hybridized carbons (Fsp3) is 1.00. The molecule has 2 fully saturated rings. The normalized spacial score (nSPS) is 59.4. The van der Waals surface area contributed by atoms with E-state index in [0.717, 1.165) is 0 Å². The predicted octanol–water partition coefficient (Wildman–Crippen LogP) is -7.30. The third-order valence-electron chi connectivity index (χ3n) is 4.79. The molecule has 11 atom stereocenters. The molecule has 1 saturated heterocycles. The summed E-state index contributed by atoms with van der Waals surface area (Å²) in [6, 6.07) is 0. The first-order chi connectivity index (χ1) is 10.9. The van der Waals surface area contributed by atoms with Crippen LogP contribution in [0.1, 0.15) is 0 Å². The van der Waals surface area contributed by atoms with Gasteiger partial charge in [-0.25, -0.2) is 0 Å². The van der Waals surface area contributed by atoms with Crippen molar-refractivity contribution in [3.8, 4) is 0 Å². The molecule has 2 aliphatic rings. The summed E-state index contributed by atoms with van der Waals surface area (Å²) in [5, 5.41) is 109. The highest BCUT2D eigenvalue weighted by molar-refractivity contribution is 5.18. The van der Waals surface area contributed by atoms with Gasteiger partial charge in [-0.2, -0.15) is 0 Å². The van der Waals surface area contributed by atoms with Gasteiger partial charge in [0.2, 0.25) is 5.79 Å². The quantitative estimate of drug-likeness (QED) is 0.221. The Labute approximate surface area is 135 Å². The summed E-state index contributed by atoms with van der Waals surface area (Å²) in [7, 11) is 0. The van der Waals surface area contributed by atoms with Gasteiger partial charge in [0, 0.05) is 0 Å². The van der Waals surface area contributed by atoms with Crippen molar-refractivity contribution < 1.29 is 60.9 Å². The Morgan fingerprint density at radius 3 is 1.46 bits per heavy atom. The molecule has 11 N–H and O–H groups in total. The zero-order chi connectivity index (χ0) is 18.6. The Morgan fingerprint density at radius 2 is 1.04 bits per heavy atom. The van der Waals surface area contributed by atoms with Crippen molar-refractivity contribution in [2.75, 3.05) is 6.61 Å². The molecule has 0 bridgehead atoms. The van der Waals surface area contributed by atoms with Gasteiger partial charge in [-0.1, -0.05) is 0 Å². The van der Waals surface area contributed by atoms with Gasteiger partial charge in [-0.05, 0) is 0 Å². The third kappa shape index (κ3) is 2.39. The largest absolute Gasteiger partial charge is 0.394 e. The molecule has 0 aromatic carbocycles. The van der Waals surface area contributed by atoms with Gasteiger partial charge in [0.25, 0.3) is 0 Å². The van der Waals surface area contributed by atoms with Crippen LogP contribution in [0.15, 0.2) is 0 Å². The minimum Gasteiger partial charge on any atom is -0.394 e. The molecule has 0 radical (unpaired) electrons. The smallest absolute Gasteiger partial charge is 0.230 e. The molecule has 0 aromatic rings. The van der Waals surface area contributed by atoms with Crippen LogP contribution in [0, 0.1) is 0 Å². The van der Waals surface area contributed by atoms with E-state index in [1.165, 1.54) is 0 Å². The summed E-state index contributed by atoms with van der Waals surface area (Å²) >= 11 is 0. The molecule has 12 heteroatoms. The first-order valence-corrected chi connectivity index (χ1v) is 7.13. The second kappa shape index (κ2) is 6.35. The number of ether oxygens (including phenoxy) is 1. The second-order valence-electron chi connectivity index (χ2n) is 6.15. The first kappa shape index (κ1) is 19.8. The summed E-state index contributed by atoms with van der Waals surface area (Å²) in [6.45, 7) is -0.997. The Kier molecular flexibility index (Phi) is 5.25. The van der Waals surface area contributed by atoms with Gasteiger partial charge < -0.3 is 60.9 Å². The van der Waals surface area contributed by atoms with Crippen LogP contribution in [0.5, 0.6) is 0 Å². The van der Waals surface area contributed by atoms with Crippen LogP contribution < -0.4 is 0 Å². The molecule has 1 aliphatic heterocycles. The van der Waals surface area contributed by atoms with Gasteiger partial charge in [0.05, 0.1) is 6.61 Å². The van der Waals surface area contributed by atoms with Crippen LogP contribution in [0.3, 0.4) is 0 Å². The lowest BCUT2D eigenvalue weighted by Gasteiger charge is -2.58. The fourth-order valence-corrected chi connectivity index (χ4v) is 3.18. The summed E-state index contributed by atoms with van der Waals surface area (Å²) in [5.74, 6) is -3.43. The van der Waals surface area contributed by atoms with Crippen LogP contribution in [0.2, 0.25) is 0 Å². The Balaban J connectivity index is 2.52. The average molecular weight is 358 g/mol. The molecule has 0 aromatic heterocycles. The van der Waals surface area contributed by atoms with Crippen LogP contribution in [0.25, 0.3) is 0 Å². The monoisotopic (exact) mass is 358 g/mol. The molecule has 1 aliphatic carbocycles. The second-order valence-corrected chi connectivity index (χ2v) is 6.15. The molecule has 3 unspecified atom stereocenters. The lowest BCUT2D eigenvalue weighted by Crippen LogP contribution is -2.84. The number of hydrogen-bond acceptors (Lipinski definition) is 12. The lowest BCUT2D eigenvalue weighted by atomic mass is 9.67. The minimum atomic E-state index is -3.43. The molecule has 1 saturated carbocycles. The van der Waals surface area contributed by atoms with Crippen molar-refractivity contribution in [1.82, 2.24) is 0 Å². The highest BCUT2D eigenvalue weighted by Crippen LogP contribution is 2.44. The van der Waals surface area contributed by atoms with E-state index >= 15 is 0 Å². The maximum Gasteiger partial charge on any atom is 0.230 e. The highest BCUT2D eigenvalue weighted by Gasteiger charge is 2.73. The Morgan fingerprint density at radius 1 is 0.625 bits per heavy atom. The fourth-order valence-electron chi connectivity index (χ4n) is 3.18. The number of aliphatic hydroxyl groups is 11. The van der Waals surface area contributed by atoms with Gasteiger partial charge in [-0.15, -0.1) is 0 Å². The molecule has 24 heavy (non-hydrogen) atoms. The van der Waals surface area contributed by atoms with Gasteiger partial charge >= 0.3 is 0 Å². The van der Waals surface area contributed by atoms with E-state index in [1.54, 1.807) is 0 Å². The van der Waals surface area contributed by atoms with Crippen molar-refractivity contribution in [2.24, 2.45) is 0 Å². The maximum atomic E-state index is 10.6. The first-order valence-electron chi connectivity index (χ1n) is 7.13. The van der Waals surface area contributed by atoms with Crippen molar-refractivity contribution in [3.05, 3.63) is 0 Å². The molecular weight excluding hydrogens is 336 g/mol. The third-order valence-corrected chi connectivity index (χ3v) is 4.79. The molecule has 1 heterocycles. The van der Waals surface area contributed by atoms with E-state index < -0.39 is 72.9 Å². The van der Waals surface area contributed by atoms with Crippen LogP contribution in [-0.4, -0.2) is 129 Å². The molecule has 142 valence electrons. The summed E-state index contributed by atoms with van der Waals surface area (Å²) < 4.78 is 4.80. The van der Waals surface area contributed by atoms with E-state index in [0.29, 0.717) is 0 Å². The summed E-state index contributed by atoms with van der Waals surface area (Å²) in [4.78, 5) is 0. The average Bonchev–Trinajstić information content (AvgIpc) is 2.57. The molecule has 0 amide bonds. The highest BCUT2D eigenvalue weighted by atomic mass is 16.7. The van der Waals surface area contributed by atoms with Gasteiger partial charge in [0.15, 0.2) is 5.60 Å². The van der Waals surface area contributed by atoms with Crippen LogP contribution in [0.4, 0.5) is 0 Å². The van der Waals surface area contributed by atoms with E-state index in [4.69, 9.17) is 9.84 Å². The summed E-state index contributed by atoms with van der Waals surface area (Å²) in [5.41, 5.74) is -3.40. The van der Waals surface area contributed by atoms with E-state index in [1.807, 2.05) is 0 Å². The number of hydrogen-bond donors (Lipinski definition) is 11. The molecule has 2 rings (SSSR count). The SMILES string of the molecule is OC[C@H]1OC(O)(C2(O)[C@H](O)[C@H](O)C(O)[C@H](O)[C@H]2O)[C@H](O)[C@@H](O)[C@@H]1O. The number of aliphatic hydroxyl groups excluding tert-OH is 9. The van der Waals surface area contributed by atoms with Crippen LogP contribution in [-0.2, 0) is 4.74 Å². The minimum absolute atomic E-state index is 0.997. The predicted molar refractivity (Wildman–Crippen MR) is 69.9 cm³/mol. The zero-order valence-corrected chi connectivity index (χ0v) is 12.2. The summed E-state index contributed by atoms with van der Waals surface area (Å²) in [6.07, 6.45) is -20.1. The lowest BCUT2D eigenvalue weighted by molar-refractivity contribution is -0.440. The molecule has 12 nitrogen and oxygen atoms in total. The van der Waals surface area contributed by atoms with Crippen molar-refractivity contribution in [1.29, 1.82) is 0 Å². The van der Waals surface area contributed by atoms with Gasteiger partial charge in [0.1, 0.15) is 54.9 Å². The van der Waals surface area contributed by atoms with E-state index in [9.17, 15) is 51.1 Å².